The average molecular weight is 363 g/mol. The van der Waals surface area contributed by atoms with Crippen LogP contribution in [0, 0.1) is 5.82 Å². The third-order valence-electron chi connectivity index (χ3n) is 2.59. The van der Waals surface area contributed by atoms with Crippen LogP contribution in [0.15, 0.2) is 22.7 Å². The second-order valence-electron chi connectivity index (χ2n) is 4.16. The standard InChI is InChI=1S/C13H16BrFN2O2S/c1-19-5-4-17(3-2-12(16)20)13(18)9-6-10(14)8-11(15)7-9/h6-8H,2-5H2,1H3,(H2,16,20). The lowest BCUT2D eigenvalue weighted by molar-refractivity contribution is 0.0700. The van der Waals surface area contributed by atoms with Crippen LogP contribution in [0.1, 0.15) is 16.8 Å². The molecule has 0 aliphatic heterocycles. The number of hydrogen-bond donors (Lipinski definition) is 1. The highest BCUT2D eigenvalue weighted by Crippen LogP contribution is 2.16. The molecule has 4 nitrogen and oxygen atoms in total. The molecule has 0 atom stereocenters. The first-order valence-electron chi connectivity index (χ1n) is 5.96. The maximum Gasteiger partial charge on any atom is 0.254 e. The third kappa shape index (κ3) is 5.52. The number of carbonyl (C=O) groups is 1. The van der Waals surface area contributed by atoms with Gasteiger partial charge in [-0.3, -0.25) is 4.79 Å². The number of amides is 1. The molecule has 0 bridgehead atoms. The Balaban J connectivity index is 2.87. The predicted molar refractivity (Wildman–Crippen MR) is 83.3 cm³/mol. The zero-order valence-electron chi connectivity index (χ0n) is 11.1. The molecular formula is C13H16BrFN2O2S. The summed E-state index contributed by atoms with van der Waals surface area (Å²) in [5.41, 5.74) is 5.73. The molecule has 20 heavy (non-hydrogen) atoms. The molecule has 0 saturated heterocycles. The number of ether oxygens (including phenoxy) is 1. The highest BCUT2D eigenvalue weighted by atomic mass is 79.9. The molecule has 0 spiro atoms. The number of hydrogen-bond acceptors (Lipinski definition) is 3. The Hall–Kier alpha value is -1.05. The number of nitrogens with zero attached hydrogens (tertiary/aromatic N) is 1. The molecule has 0 aliphatic carbocycles. The van der Waals surface area contributed by atoms with Crippen LogP contribution in [0.5, 0.6) is 0 Å². The second kappa shape index (κ2) is 8.28. The van der Waals surface area contributed by atoms with Gasteiger partial charge in [0.05, 0.1) is 11.6 Å². The monoisotopic (exact) mass is 362 g/mol. The van der Waals surface area contributed by atoms with Crippen molar-refractivity contribution in [3.63, 3.8) is 0 Å². The van der Waals surface area contributed by atoms with Gasteiger partial charge in [0, 0.05) is 36.7 Å². The second-order valence-corrected chi connectivity index (χ2v) is 5.60. The quantitative estimate of drug-likeness (QED) is 0.756. The van der Waals surface area contributed by atoms with Gasteiger partial charge in [0.2, 0.25) is 0 Å². The van der Waals surface area contributed by atoms with Crippen LogP contribution in [0.3, 0.4) is 0 Å². The summed E-state index contributed by atoms with van der Waals surface area (Å²) in [4.78, 5) is 14.2. The van der Waals surface area contributed by atoms with Gasteiger partial charge in [-0.05, 0) is 18.2 Å². The SMILES string of the molecule is COCCN(CCC(N)=S)C(=O)c1cc(F)cc(Br)c1. The number of benzene rings is 1. The molecule has 0 fully saturated rings. The summed E-state index contributed by atoms with van der Waals surface area (Å²) in [5.74, 6) is -0.748. The Kier molecular flexibility index (Phi) is 7.04. The van der Waals surface area contributed by atoms with Crippen LogP contribution >= 0.6 is 28.1 Å². The van der Waals surface area contributed by atoms with E-state index in [-0.39, 0.29) is 11.5 Å². The minimum atomic E-state index is -0.469. The maximum atomic E-state index is 13.4. The predicted octanol–water partition coefficient (Wildman–Crippen LogP) is 2.35. The number of thiocarbonyl (C=S) groups is 1. The van der Waals surface area contributed by atoms with Gasteiger partial charge in [-0.1, -0.05) is 28.1 Å². The van der Waals surface area contributed by atoms with E-state index in [1.807, 2.05) is 0 Å². The number of halogens is 2. The number of nitrogens with two attached hydrogens (primary N) is 1. The van der Waals surface area contributed by atoms with Gasteiger partial charge in [-0.15, -0.1) is 0 Å². The molecule has 2 N–H and O–H groups in total. The Labute approximate surface area is 131 Å². The van der Waals surface area contributed by atoms with Crippen molar-refractivity contribution in [1.29, 1.82) is 0 Å². The number of methoxy groups -OCH3 is 1. The van der Waals surface area contributed by atoms with Crippen LogP contribution in [0.4, 0.5) is 4.39 Å². The van der Waals surface area contributed by atoms with E-state index in [1.54, 1.807) is 18.1 Å². The molecule has 0 heterocycles. The minimum Gasteiger partial charge on any atom is -0.393 e. The topological polar surface area (TPSA) is 55.6 Å². The van der Waals surface area contributed by atoms with Crippen LogP contribution in [0.25, 0.3) is 0 Å². The molecular weight excluding hydrogens is 347 g/mol. The van der Waals surface area contributed by atoms with Crippen molar-refractivity contribution >= 4 is 39.0 Å². The number of rotatable bonds is 7. The van der Waals surface area contributed by atoms with Crippen LogP contribution in [-0.4, -0.2) is 42.6 Å². The van der Waals surface area contributed by atoms with E-state index in [1.165, 1.54) is 12.1 Å². The molecule has 0 radical (unpaired) electrons. The molecule has 0 unspecified atom stereocenters. The Bertz CT molecular complexity index is 479. The molecule has 1 amide bonds. The lowest BCUT2D eigenvalue weighted by Gasteiger charge is -2.22. The fourth-order valence-corrected chi connectivity index (χ4v) is 2.18. The van der Waals surface area contributed by atoms with Crippen LogP contribution in [-0.2, 0) is 4.74 Å². The summed E-state index contributed by atoms with van der Waals surface area (Å²) in [6, 6.07) is 4.07. The van der Waals surface area contributed by atoms with Crippen molar-refractivity contribution in [1.82, 2.24) is 4.90 Å². The Morgan fingerprint density at radius 2 is 2.15 bits per heavy atom. The largest absolute Gasteiger partial charge is 0.393 e. The summed E-state index contributed by atoms with van der Waals surface area (Å²) in [6.07, 6.45) is 0.418. The summed E-state index contributed by atoms with van der Waals surface area (Å²) in [7, 11) is 1.55. The molecule has 0 aliphatic rings. The number of carbonyl (C=O) groups excluding carboxylic acids is 1. The Morgan fingerprint density at radius 3 is 2.70 bits per heavy atom. The first kappa shape index (κ1) is 17.0. The highest BCUT2D eigenvalue weighted by Gasteiger charge is 2.17. The summed E-state index contributed by atoms with van der Waals surface area (Å²) >= 11 is 7.98. The molecule has 1 aromatic rings. The molecule has 7 heteroatoms. The maximum absolute atomic E-state index is 13.4. The minimum absolute atomic E-state index is 0.274. The molecule has 0 saturated carbocycles. The van der Waals surface area contributed by atoms with Crippen LogP contribution < -0.4 is 5.73 Å². The summed E-state index contributed by atoms with van der Waals surface area (Å²) in [6.45, 7) is 1.16. The van der Waals surface area contributed by atoms with Crippen molar-refractivity contribution in [3.05, 3.63) is 34.1 Å². The van der Waals surface area contributed by atoms with Crippen LogP contribution in [0.2, 0.25) is 0 Å². The van der Waals surface area contributed by atoms with E-state index in [2.05, 4.69) is 15.9 Å². The molecule has 110 valence electrons. The van der Waals surface area contributed by atoms with Crippen molar-refractivity contribution in [2.45, 2.75) is 6.42 Å². The van der Waals surface area contributed by atoms with Gasteiger partial charge in [0.15, 0.2) is 0 Å². The lowest BCUT2D eigenvalue weighted by atomic mass is 10.2. The third-order valence-corrected chi connectivity index (χ3v) is 3.25. The van der Waals surface area contributed by atoms with Gasteiger partial charge in [-0.25, -0.2) is 4.39 Å². The summed E-state index contributed by atoms with van der Waals surface area (Å²) < 4.78 is 18.8. The van der Waals surface area contributed by atoms with E-state index in [4.69, 9.17) is 22.7 Å². The zero-order chi connectivity index (χ0) is 15.1. The molecule has 1 rings (SSSR count). The first-order valence-corrected chi connectivity index (χ1v) is 7.16. The zero-order valence-corrected chi connectivity index (χ0v) is 13.5. The normalized spacial score (nSPS) is 10.3. The average Bonchev–Trinajstić information content (AvgIpc) is 2.36. The van der Waals surface area contributed by atoms with E-state index >= 15 is 0 Å². The highest BCUT2D eigenvalue weighted by molar-refractivity contribution is 9.10. The van der Waals surface area contributed by atoms with Gasteiger partial charge >= 0.3 is 0 Å². The van der Waals surface area contributed by atoms with E-state index in [0.717, 1.165) is 0 Å². The van der Waals surface area contributed by atoms with Crippen molar-refractivity contribution in [2.75, 3.05) is 26.8 Å². The van der Waals surface area contributed by atoms with Crippen molar-refractivity contribution < 1.29 is 13.9 Å². The van der Waals surface area contributed by atoms with Gasteiger partial charge in [-0.2, -0.15) is 0 Å². The Morgan fingerprint density at radius 1 is 1.45 bits per heavy atom. The van der Waals surface area contributed by atoms with Crippen molar-refractivity contribution in [2.24, 2.45) is 5.73 Å². The van der Waals surface area contributed by atoms with Gasteiger partial charge in [0.1, 0.15) is 5.82 Å². The van der Waals surface area contributed by atoms with Crippen molar-refractivity contribution in [3.8, 4) is 0 Å². The lowest BCUT2D eigenvalue weighted by Crippen LogP contribution is -2.36. The summed E-state index contributed by atoms with van der Waals surface area (Å²) in [5, 5.41) is 0. The van der Waals surface area contributed by atoms with Gasteiger partial charge < -0.3 is 15.4 Å². The van der Waals surface area contributed by atoms with E-state index in [0.29, 0.717) is 35.6 Å². The fraction of sp³-hybridized carbons (Fsp3) is 0.385. The molecule has 1 aromatic carbocycles. The fourth-order valence-electron chi connectivity index (χ4n) is 1.62. The van der Waals surface area contributed by atoms with Gasteiger partial charge in [0.25, 0.3) is 5.91 Å². The van der Waals surface area contributed by atoms with E-state index in [9.17, 15) is 9.18 Å². The first-order chi connectivity index (χ1) is 9.43. The molecule has 0 aromatic heterocycles. The smallest absolute Gasteiger partial charge is 0.254 e. The van der Waals surface area contributed by atoms with E-state index < -0.39 is 5.82 Å².